The molecule has 0 saturated carbocycles. The third-order valence-corrected chi connectivity index (χ3v) is 3.94. The maximum atomic E-state index is 13.8. The van der Waals surface area contributed by atoms with Crippen LogP contribution in [0.2, 0.25) is 10.0 Å². The number of hydrogen-bond donors (Lipinski definition) is 1. The maximum Gasteiger partial charge on any atom is 0.287 e. The molecule has 0 amide bonds. The first kappa shape index (κ1) is 16.4. The molecular weight excluding hydrogens is 365 g/mol. The van der Waals surface area contributed by atoms with Crippen molar-refractivity contribution in [3.63, 3.8) is 0 Å². The maximum absolute atomic E-state index is 13.8. The highest BCUT2D eigenvalue weighted by Gasteiger charge is 2.13. The van der Waals surface area contributed by atoms with Gasteiger partial charge in [-0.05, 0) is 12.1 Å². The van der Waals surface area contributed by atoms with Gasteiger partial charge in [-0.25, -0.2) is 18.1 Å². The second kappa shape index (κ2) is 6.21. The Bertz CT molecular complexity index is 1040. The van der Waals surface area contributed by atoms with Crippen LogP contribution >= 0.6 is 23.2 Å². The first-order valence-corrected chi connectivity index (χ1v) is 7.30. The molecule has 0 aliphatic rings. The number of aromatic nitrogens is 4. The first-order chi connectivity index (χ1) is 11.4. The number of rotatable bonds is 3. The molecule has 0 aliphatic heterocycles. The van der Waals surface area contributed by atoms with Crippen LogP contribution < -0.4 is 11.1 Å². The van der Waals surface area contributed by atoms with Crippen molar-refractivity contribution in [3.8, 4) is 5.69 Å². The van der Waals surface area contributed by atoms with E-state index < -0.39 is 22.8 Å². The third kappa shape index (κ3) is 2.98. The molecule has 2 heterocycles. The summed E-state index contributed by atoms with van der Waals surface area (Å²) in [5, 5.41) is 6.26. The van der Waals surface area contributed by atoms with Gasteiger partial charge in [0, 0.05) is 12.1 Å². The third-order valence-electron chi connectivity index (χ3n) is 3.19. The fourth-order valence-electron chi connectivity index (χ4n) is 2.09. The molecule has 124 valence electrons. The normalized spacial score (nSPS) is 11.0. The Balaban J connectivity index is 2.00. The smallest absolute Gasteiger partial charge is 0.287 e. The summed E-state index contributed by atoms with van der Waals surface area (Å²) in [6, 6.07) is 3.97. The van der Waals surface area contributed by atoms with E-state index in [0.717, 1.165) is 21.5 Å². The van der Waals surface area contributed by atoms with Crippen molar-refractivity contribution >= 4 is 23.2 Å². The second-order valence-corrected chi connectivity index (χ2v) is 5.61. The van der Waals surface area contributed by atoms with Crippen molar-refractivity contribution in [3.05, 3.63) is 78.5 Å². The monoisotopic (exact) mass is 372 g/mol. The highest BCUT2D eigenvalue weighted by molar-refractivity contribution is 6.41. The average Bonchev–Trinajstić information content (AvgIpc) is 2.88. The van der Waals surface area contributed by atoms with Crippen LogP contribution in [0.3, 0.4) is 0 Å². The number of nitrogens with one attached hydrogen (secondary N) is 1. The van der Waals surface area contributed by atoms with Gasteiger partial charge in [-0.2, -0.15) is 5.10 Å². The number of halogens is 4. The van der Waals surface area contributed by atoms with Gasteiger partial charge in [-0.15, -0.1) is 0 Å². The molecule has 0 spiro atoms. The zero-order valence-corrected chi connectivity index (χ0v) is 13.3. The standard InChI is InChI=1S/C14H8Cl2F2N4O2/c15-9-5-19-21(14(24)13(9)16)6-8-4-12(23)22(20-8)11-2-1-7(17)3-10(11)18/h1-5,20H,6H2. The summed E-state index contributed by atoms with van der Waals surface area (Å²) >= 11 is 11.4. The highest BCUT2D eigenvalue weighted by atomic mass is 35.5. The molecule has 6 nitrogen and oxygen atoms in total. The molecule has 0 fully saturated rings. The van der Waals surface area contributed by atoms with Crippen LogP contribution in [0.15, 0.2) is 40.1 Å². The van der Waals surface area contributed by atoms with E-state index in [1.165, 1.54) is 12.3 Å². The molecule has 1 aromatic carbocycles. The van der Waals surface area contributed by atoms with E-state index in [4.69, 9.17) is 23.2 Å². The lowest BCUT2D eigenvalue weighted by molar-refractivity contribution is 0.569. The zero-order chi connectivity index (χ0) is 17.4. The van der Waals surface area contributed by atoms with Gasteiger partial charge in [-0.1, -0.05) is 23.2 Å². The fraction of sp³-hybridized carbons (Fsp3) is 0.0714. The lowest BCUT2D eigenvalue weighted by Gasteiger charge is -2.05. The number of H-pyrrole nitrogens is 1. The molecule has 0 atom stereocenters. The summed E-state index contributed by atoms with van der Waals surface area (Å²) in [6.07, 6.45) is 1.19. The summed E-state index contributed by atoms with van der Waals surface area (Å²) in [5.74, 6) is -1.67. The molecule has 0 radical (unpaired) electrons. The van der Waals surface area contributed by atoms with Crippen molar-refractivity contribution in [1.82, 2.24) is 19.6 Å². The lowest BCUT2D eigenvalue weighted by atomic mass is 10.3. The van der Waals surface area contributed by atoms with E-state index in [0.29, 0.717) is 6.07 Å². The van der Waals surface area contributed by atoms with Crippen molar-refractivity contribution in [1.29, 1.82) is 0 Å². The van der Waals surface area contributed by atoms with Crippen LogP contribution in [0.25, 0.3) is 5.69 Å². The minimum atomic E-state index is -0.907. The van der Waals surface area contributed by atoms with Crippen LogP contribution in [0.5, 0.6) is 0 Å². The average molecular weight is 373 g/mol. The Kier molecular flexibility index (Phi) is 4.25. The van der Waals surface area contributed by atoms with Crippen LogP contribution in [0, 0.1) is 11.6 Å². The van der Waals surface area contributed by atoms with E-state index in [1.54, 1.807) is 0 Å². The van der Waals surface area contributed by atoms with E-state index in [-0.39, 0.29) is 28.0 Å². The Hall–Kier alpha value is -2.45. The number of benzene rings is 1. The van der Waals surface area contributed by atoms with Gasteiger partial charge in [0.25, 0.3) is 11.1 Å². The van der Waals surface area contributed by atoms with Gasteiger partial charge >= 0.3 is 0 Å². The topological polar surface area (TPSA) is 72.7 Å². The van der Waals surface area contributed by atoms with E-state index in [9.17, 15) is 18.4 Å². The van der Waals surface area contributed by atoms with Crippen LogP contribution in [-0.2, 0) is 6.54 Å². The predicted molar refractivity (Wildman–Crippen MR) is 83.9 cm³/mol. The fourth-order valence-corrected chi connectivity index (χ4v) is 2.36. The minimum absolute atomic E-state index is 0.0114. The van der Waals surface area contributed by atoms with Crippen molar-refractivity contribution < 1.29 is 8.78 Å². The molecule has 1 N–H and O–H groups in total. The number of nitrogens with zero attached hydrogens (tertiary/aromatic N) is 3. The zero-order valence-electron chi connectivity index (χ0n) is 11.8. The first-order valence-electron chi connectivity index (χ1n) is 6.54. The summed E-state index contributed by atoms with van der Waals surface area (Å²) in [6.45, 7) is -0.110. The Morgan fingerprint density at radius 2 is 1.92 bits per heavy atom. The number of hydrogen-bond acceptors (Lipinski definition) is 3. The molecule has 3 aromatic rings. The van der Waals surface area contributed by atoms with Crippen LogP contribution in [0.4, 0.5) is 8.78 Å². The largest absolute Gasteiger partial charge is 0.293 e. The van der Waals surface area contributed by atoms with E-state index >= 15 is 0 Å². The molecule has 2 aromatic heterocycles. The Morgan fingerprint density at radius 3 is 2.62 bits per heavy atom. The quantitative estimate of drug-likeness (QED) is 0.766. The molecule has 0 saturated heterocycles. The summed E-state index contributed by atoms with van der Waals surface area (Å²) < 4.78 is 28.6. The van der Waals surface area contributed by atoms with Gasteiger partial charge < -0.3 is 0 Å². The highest BCUT2D eigenvalue weighted by Crippen LogP contribution is 2.15. The van der Waals surface area contributed by atoms with Gasteiger partial charge in [0.05, 0.1) is 23.5 Å². The minimum Gasteiger partial charge on any atom is -0.293 e. The predicted octanol–water partition coefficient (Wildman–Crippen LogP) is 2.36. The van der Waals surface area contributed by atoms with E-state index in [1.807, 2.05) is 0 Å². The molecule has 10 heteroatoms. The van der Waals surface area contributed by atoms with Crippen LogP contribution in [0.1, 0.15) is 5.69 Å². The summed E-state index contributed by atoms with van der Waals surface area (Å²) in [5.41, 5.74) is -1.09. The second-order valence-electron chi connectivity index (χ2n) is 4.82. The van der Waals surface area contributed by atoms with Gasteiger partial charge in [0.1, 0.15) is 16.5 Å². The van der Waals surface area contributed by atoms with E-state index in [2.05, 4.69) is 10.2 Å². The molecule has 0 unspecified atom stereocenters. The van der Waals surface area contributed by atoms with Gasteiger partial charge in [0.2, 0.25) is 0 Å². The summed E-state index contributed by atoms with van der Waals surface area (Å²) in [4.78, 5) is 23.9. The van der Waals surface area contributed by atoms with Gasteiger partial charge in [-0.3, -0.25) is 14.7 Å². The van der Waals surface area contributed by atoms with Crippen molar-refractivity contribution in [2.75, 3.05) is 0 Å². The van der Waals surface area contributed by atoms with Crippen molar-refractivity contribution in [2.24, 2.45) is 0 Å². The molecule has 24 heavy (non-hydrogen) atoms. The molecule has 3 rings (SSSR count). The van der Waals surface area contributed by atoms with Gasteiger partial charge in [0.15, 0.2) is 5.82 Å². The Morgan fingerprint density at radius 1 is 1.17 bits per heavy atom. The lowest BCUT2D eigenvalue weighted by Crippen LogP contribution is -2.24. The molecule has 0 aliphatic carbocycles. The van der Waals surface area contributed by atoms with Crippen molar-refractivity contribution in [2.45, 2.75) is 6.54 Å². The summed E-state index contributed by atoms with van der Waals surface area (Å²) in [7, 11) is 0. The molecule has 0 bridgehead atoms. The Labute approximate surface area is 142 Å². The SMILES string of the molecule is O=c1c(Cl)c(Cl)cnn1Cc1cc(=O)n(-c2ccc(F)cc2F)[nH]1. The number of aromatic amines is 1. The molecular formula is C14H8Cl2F2N4O2. The van der Waals surface area contributed by atoms with Crippen LogP contribution in [-0.4, -0.2) is 19.6 Å².